The first-order valence-corrected chi connectivity index (χ1v) is 21.7. The monoisotopic (exact) mass is 994 g/mol. The number of hydrogen-bond donors (Lipinski definition) is 2. The van der Waals surface area contributed by atoms with Gasteiger partial charge in [-0.3, -0.25) is 14.5 Å². The van der Waals surface area contributed by atoms with E-state index in [1.165, 1.54) is 5.06 Å². The van der Waals surface area contributed by atoms with E-state index in [9.17, 15) is 48.9 Å². The van der Waals surface area contributed by atoms with Gasteiger partial charge in [0, 0.05) is 57.0 Å². The first kappa shape index (κ1) is 54.3. The third kappa shape index (κ3) is 20.5. The van der Waals surface area contributed by atoms with Crippen LogP contribution in [0.2, 0.25) is 5.02 Å². The van der Waals surface area contributed by atoms with E-state index in [2.05, 4.69) is 59.2 Å². The molecule has 0 saturated carbocycles. The summed E-state index contributed by atoms with van der Waals surface area (Å²) in [5.74, 6) is 0.00326. The molecule has 6 rings (SSSR count). The maximum atomic E-state index is 12.7. The predicted octanol–water partition coefficient (Wildman–Crippen LogP) is 12.0. The van der Waals surface area contributed by atoms with Gasteiger partial charge in [-0.2, -0.15) is 54.7 Å². The van der Waals surface area contributed by atoms with E-state index in [4.69, 9.17) is 21.6 Å². The summed E-state index contributed by atoms with van der Waals surface area (Å²) < 4.78 is 121. The van der Waals surface area contributed by atoms with Gasteiger partial charge >= 0.3 is 23.7 Å². The molecule has 26 heteroatoms. The van der Waals surface area contributed by atoms with Crippen molar-refractivity contribution in [1.29, 1.82) is 0 Å². The molecular weight excluding hydrogens is 964 g/mol. The van der Waals surface area contributed by atoms with E-state index in [1.54, 1.807) is 119 Å². The fourth-order valence-electron chi connectivity index (χ4n) is 4.23. The predicted molar refractivity (Wildman–Crippen MR) is 220 cm³/mol. The van der Waals surface area contributed by atoms with E-state index in [0.717, 1.165) is 17.2 Å². The highest BCUT2D eigenvalue weighted by atomic mass is 36.0. The Morgan fingerprint density at radius 3 is 1.32 bits per heavy atom. The number of halogens is 13. The highest BCUT2D eigenvalue weighted by molar-refractivity contribution is 8.24. The van der Waals surface area contributed by atoms with Crippen molar-refractivity contribution in [2.24, 2.45) is 0 Å². The SMILES string of the molecule is CN(C)O.CN(C)Oc1cc(C(F)(F)F)nnc1-c1ccccc1.FC(F)(F)c1cc(Cl)c(-c2ccccc2)nn1.O=P(Cl)(Cl)Cl.O=c1cc(C(F)(F)F)[nH]nc1-c1ccccc1. The molecule has 6 aromatic rings. The number of nitrogens with zero attached hydrogens (tertiary/aromatic N) is 7. The van der Waals surface area contributed by atoms with Gasteiger partial charge in [0.15, 0.2) is 17.1 Å². The van der Waals surface area contributed by atoms with Gasteiger partial charge < -0.3 is 10.0 Å². The maximum absolute atomic E-state index is 12.7. The molecule has 0 spiro atoms. The van der Waals surface area contributed by atoms with Crippen molar-refractivity contribution in [2.75, 3.05) is 28.2 Å². The van der Waals surface area contributed by atoms with Crippen LogP contribution in [0.25, 0.3) is 33.8 Å². The van der Waals surface area contributed by atoms with Crippen molar-refractivity contribution in [3.8, 4) is 39.5 Å². The normalized spacial score (nSPS) is 11.4. The lowest BCUT2D eigenvalue weighted by molar-refractivity contribution is -0.142. The highest BCUT2D eigenvalue weighted by Gasteiger charge is 2.35. The Kier molecular flexibility index (Phi) is 20.9. The molecule has 0 aliphatic carbocycles. The first-order chi connectivity index (χ1) is 29.1. The second-order valence-corrected chi connectivity index (χ2v) is 19.2. The molecule has 3 aromatic carbocycles. The Morgan fingerprint density at radius 1 is 0.603 bits per heavy atom. The third-order valence-electron chi connectivity index (χ3n) is 6.61. The van der Waals surface area contributed by atoms with E-state index < -0.39 is 46.2 Å². The standard InChI is InChI=1S/C13H12F3N3O.C11H6ClF3N2.C11H7F3N2O.C2H7NO.Cl3OP/c1-19(2)20-10-8-11(13(14,15)16)17-18-12(10)9-6-4-3-5-7-9;12-8-6-9(11(13,14)15)16-17-10(8)7-4-2-1-3-5-7;12-11(13,14)9-6-8(17)10(16-15-9)7-4-2-1-3-5-7;1-3(2)4;1-5(2,3)4/h3-8H,1-2H3;1-6H;1-6H,(H,15,17);4H,1-2H3;. The molecule has 63 heavy (non-hydrogen) atoms. The molecule has 0 aliphatic heterocycles. The Labute approximate surface area is 371 Å². The number of rotatable bonds is 5. The summed E-state index contributed by atoms with van der Waals surface area (Å²) in [7, 11) is 6.25. The summed E-state index contributed by atoms with van der Waals surface area (Å²) in [5, 5.41) is 25.7. The smallest absolute Gasteiger partial charge is 0.404 e. The van der Waals surface area contributed by atoms with Gasteiger partial charge in [0.25, 0.3) is 0 Å². The minimum Gasteiger partial charge on any atom is -0.404 e. The van der Waals surface area contributed by atoms with Gasteiger partial charge in [0.2, 0.25) is 5.43 Å². The van der Waals surface area contributed by atoms with Crippen LogP contribution in [0.1, 0.15) is 17.1 Å². The summed E-state index contributed by atoms with van der Waals surface area (Å²) in [6.45, 7) is 0. The molecule has 0 atom stereocenters. The zero-order valence-corrected chi connectivity index (χ0v) is 36.5. The van der Waals surface area contributed by atoms with Crippen LogP contribution >= 0.6 is 50.5 Å². The van der Waals surface area contributed by atoms with Crippen LogP contribution in [0.4, 0.5) is 39.5 Å². The third-order valence-corrected chi connectivity index (χ3v) is 6.90. The maximum Gasteiger partial charge on any atom is 0.435 e. The Morgan fingerprint density at radius 2 is 0.968 bits per heavy atom. The van der Waals surface area contributed by atoms with Crippen LogP contribution in [0.5, 0.6) is 5.75 Å². The molecule has 0 unspecified atom stereocenters. The van der Waals surface area contributed by atoms with E-state index in [0.29, 0.717) is 22.8 Å². The van der Waals surface area contributed by atoms with Crippen LogP contribution < -0.4 is 10.3 Å². The van der Waals surface area contributed by atoms with Crippen molar-refractivity contribution in [3.63, 3.8) is 0 Å². The molecule has 0 fully saturated rings. The van der Waals surface area contributed by atoms with Crippen molar-refractivity contribution in [1.82, 2.24) is 40.7 Å². The summed E-state index contributed by atoms with van der Waals surface area (Å²) in [4.78, 5) is 16.8. The molecule has 0 bridgehead atoms. The summed E-state index contributed by atoms with van der Waals surface area (Å²) in [6, 6.07) is 27.8. The minimum atomic E-state index is -4.60. The number of aromatic nitrogens is 6. The number of nitrogens with one attached hydrogen (secondary N) is 1. The van der Waals surface area contributed by atoms with Crippen LogP contribution in [0.15, 0.2) is 114 Å². The number of H-pyrrole nitrogens is 1. The van der Waals surface area contributed by atoms with E-state index in [-0.39, 0.29) is 27.9 Å². The average molecular weight is 996 g/mol. The fourth-order valence-corrected chi connectivity index (χ4v) is 4.48. The van der Waals surface area contributed by atoms with Gasteiger partial charge in [0.1, 0.15) is 22.8 Å². The van der Waals surface area contributed by atoms with Crippen molar-refractivity contribution in [3.05, 3.63) is 142 Å². The summed E-state index contributed by atoms with van der Waals surface area (Å²) in [6.07, 6.45) is -13.7. The minimum absolute atomic E-state index is 0.00326. The van der Waals surface area contributed by atoms with Crippen molar-refractivity contribution >= 4 is 50.5 Å². The molecular formula is C37H32Cl4F9N8O4P. The molecule has 0 aliphatic rings. The lowest BCUT2D eigenvalue weighted by Crippen LogP contribution is -2.18. The van der Waals surface area contributed by atoms with E-state index >= 15 is 0 Å². The lowest BCUT2D eigenvalue weighted by atomic mass is 10.1. The average Bonchev–Trinajstić information content (AvgIpc) is 3.17. The van der Waals surface area contributed by atoms with Crippen LogP contribution in [-0.4, -0.2) is 74.1 Å². The molecule has 340 valence electrons. The van der Waals surface area contributed by atoms with Crippen LogP contribution in [-0.2, 0) is 23.1 Å². The van der Waals surface area contributed by atoms with E-state index in [1.807, 2.05) is 5.10 Å². The number of hydroxylamine groups is 4. The quantitative estimate of drug-likeness (QED) is 0.0965. The zero-order chi connectivity index (χ0) is 47.8. The van der Waals surface area contributed by atoms with Crippen LogP contribution in [0.3, 0.4) is 0 Å². The molecule has 12 nitrogen and oxygen atoms in total. The second-order valence-electron chi connectivity index (χ2n) is 12.1. The van der Waals surface area contributed by atoms with Gasteiger partial charge in [0.05, 0.1) is 5.02 Å². The zero-order valence-electron chi connectivity index (χ0n) is 32.6. The number of alkyl halides is 9. The van der Waals surface area contributed by atoms with Gasteiger partial charge in [-0.25, -0.2) is 0 Å². The summed E-state index contributed by atoms with van der Waals surface area (Å²) in [5.41, 5.74) is -1.90. The molecule has 0 radical (unpaired) electrons. The molecule has 0 amide bonds. The molecule has 3 heterocycles. The largest absolute Gasteiger partial charge is 0.435 e. The number of aromatic amines is 1. The van der Waals surface area contributed by atoms with Crippen molar-refractivity contribution < 1.29 is 54.1 Å². The number of hydrogen-bond acceptors (Lipinski definition) is 11. The van der Waals surface area contributed by atoms with Gasteiger partial charge in [-0.05, 0) is 39.8 Å². The Bertz CT molecular complexity index is 2420. The van der Waals surface area contributed by atoms with Gasteiger partial charge in [-0.1, -0.05) is 103 Å². The first-order valence-electron chi connectivity index (χ1n) is 16.9. The molecule has 2 N–H and O–H groups in total. The second kappa shape index (κ2) is 24.3. The fraction of sp³-hybridized carbons (Fsp3) is 0.189. The van der Waals surface area contributed by atoms with Gasteiger partial charge in [-0.15, -0.1) is 20.4 Å². The van der Waals surface area contributed by atoms with Crippen molar-refractivity contribution in [2.45, 2.75) is 18.5 Å². The Balaban J connectivity index is 0.000000297. The highest BCUT2D eigenvalue weighted by Crippen LogP contribution is 2.61. The van der Waals surface area contributed by atoms with Crippen LogP contribution in [0, 0.1) is 0 Å². The topological polar surface area (TPSA) is 150 Å². The summed E-state index contributed by atoms with van der Waals surface area (Å²) >= 11 is 19.6. The Hall–Kier alpha value is -4.86. The molecule has 0 saturated heterocycles. The number of benzene rings is 3. The lowest BCUT2D eigenvalue weighted by Gasteiger charge is -2.16. The molecule has 3 aromatic heterocycles.